The van der Waals surface area contributed by atoms with Gasteiger partial charge in [0.1, 0.15) is 5.00 Å². The molecule has 0 bridgehead atoms. The minimum Gasteiger partial charge on any atom is -0.462 e. The molecular formula is C23H26N3O5S2+. The van der Waals surface area contributed by atoms with Crippen LogP contribution in [0.4, 0.5) is 5.00 Å². The van der Waals surface area contributed by atoms with Gasteiger partial charge in [0.25, 0.3) is 0 Å². The lowest BCUT2D eigenvalue weighted by Crippen LogP contribution is -2.37. The number of aromatic amines is 1. The average molecular weight is 489 g/mol. The van der Waals surface area contributed by atoms with Gasteiger partial charge in [-0.1, -0.05) is 17.7 Å². The summed E-state index contributed by atoms with van der Waals surface area (Å²) < 4.78 is 11.8. The second kappa shape index (κ2) is 9.96. The number of aromatic nitrogens is 2. The van der Waals surface area contributed by atoms with Gasteiger partial charge in [0.15, 0.2) is 0 Å². The van der Waals surface area contributed by atoms with Crippen LogP contribution < -0.4 is 15.6 Å². The molecule has 0 radical (unpaired) electrons. The second-order valence-electron chi connectivity index (χ2n) is 7.84. The Morgan fingerprint density at radius 1 is 1.27 bits per heavy atom. The van der Waals surface area contributed by atoms with E-state index < -0.39 is 16.8 Å². The zero-order valence-electron chi connectivity index (χ0n) is 18.7. The number of esters is 1. The summed E-state index contributed by atoms with van der Waals surface area (Å²) in [4.78, 5) is 39.1. The average Bonchev–Trinajstić information content (AvgIpc) is 3.34. The minimum atomic E-state index is -0.616. The van der Waals surface area contributed by atoms with Crippen LogP contribution in [0.3, 0.4) is 0 Å². The molecule has 1 aliphatic rings. The van der Waals surface area contributed by atoms with Gasteiger partial charge in [-0.15, -0.1) is 11.3 Å². The van der Waals surface area contributed by atoms with E-state index in [4.69, 9.17) is 9.26 Å². The highest BCUT2D eigenvalue weighted by atomic mass is 32.2. The van der Waals surface area contributed by atoms with E-state index >= 15 is 0 Å². The Morgan fingerprint density at radius 3 is 2.73 bits per heavy atom. The first-order valence-electron chi connectivity index (χ1n) is 10.9. The van der Waals surface area contributed by atoms with Crippen molar-refractivity contribution in [2.45, 2.75) is 56.7 Å². The van der Waals surface area contributed by atoms with Crippen LogP contribution in [0, 0.1) is 6.92 Å². The summed E-state index contributed by atoms with van der Waals surface area (Å²) >= 11 is 2.53. The molecule has 1 aromatic carbocycles. The molecule has 4 rings (SSSR count). The lowest BCUT2D eigenvalue weighted by Gasteiger charge is -2.13. The lowest BCUT2D eigenvalue weighted by atomic mass is 9.95. The highest BCUT2D eigenvalue weighted by Crippen LogP contribution is 2.39. The number of thiophene rings is 1. The van der Waals surface area contributed by atoms with E-state index in [1.165, 1.54) is 16.0 Å². The van der Waals surface area contributed by atoms with Crippen molar-refractivity contribution in [2.24, 2.45) is 0 Å². The number of carbonyl (C=O) groups excluding carboxylic acids is 2. The summed E-state index contributed by atoms with van der Waals surface area (Å²) in [5.74, 6) is -0.712. The molecule has 33 heavy (non-hydrogen) atoms. The molecule has 10 heteroatoms. The number of hydrogen-bond donors (Lipinski definition) is 2. The van der Waals surface area contributed by atoms with Gasteiger partial charge >= 0.3 is 16.6 Å². The van der Waals surface area contributed by atoms with E-state index in [0.29, 0.717) is 10.6 Å². The topological polar surface area (TPSA) is 105 Å². The Bertz CT molecular complexity index is 1230. The molecule has 1 unspecified atom stereocenters. The van der Waals surface area contributed by atoms with E-state index in [9.17, 15) is 14.4 Å². The zero-order chi connectivity index (χ0) is 23.5. The SMILES string of the molecule is CCOC(=O)c1c(NC(=O)C(C)Sc2c(=O)o[nH][n+]2-c2ccc(C)cc2)sc2c1CCCC2. The number of fused-ring (bicyclic) bond motifs is 1. The van der Waals surface area contributed by atoms with E-state index in [1.54, 1.807) is 13.8 Å². The summed E-state index contributed by atoms with van der Waals surface area (Å²) in [7, 11) is 0. The third kappa shape index (κ3) is 4.91. The summed E-state index contributed by atoms with van der Waals surface area (Å²) in [5.41, 5.74) is 2.71. The van der Waals surface area contributed by atoms with E-state index in [-0.39, 0.29) is 17.5 Å². The fraction of sp³-hybridized carbons (Fsp3) is 0.391. The van der Waals surface area contributed by atoms with Crippen LogP contribution in [-0.4, -0.2) is 29.0 Å². The third-order valence-electron chi connectivity index (χ3n) is 5.44. The molecule has 0 fully saturated rings. The van der Waals surface area contributed by atoms with Crippen LogP contribution in [0.15, 0.2) is 38.6 Å². The third-order valence-corrected chi connectivity index (χ3v) is 7.79. The van der Waals surface area contributed by atoms with E-state index in [0.717, 1.165) is 59.1 Å². The Kier molecular flexibility index (Phi) is 7.04. The molecule has 2 aromatic heterocycles. The van der Waals surface area contributed by atoms with Gasteiger partial charge in [0.05, 0.1) is 17.4 Å². The Balaban J connectivity index is 1.56. The smallest absolute Gasteiger partial charge is 0.442 e. The number of anilines is 1. The van der Waals surface area contributed by atoms with Gasteiger partial charge in [0.2, 0.25) is 11.6 Å². The van der Waals surface area contributed by atoms with Gasteiger partial charge in [-0.25, -0.2) is 9.59 Å². The van der Waals surface area contributed by atoms with Crippen LogP contribution in [0.2, 0.25) is 0 Å². The van der Waals surface area contributed by atoms with Crippen molar-refractivity contribution < 1.29 is 23.5 Å². The minimum absolute atomic E-state index is 0.262. The first-order valence-corrected chi connectivity index (χ1v) is 12.6. The van der Waals surface area contributed by atoms with Crippen molar-refractivity contribution in [1.29, 1.82) is 0 Å². The molecule has 3 aromatic rings. The van der Waals surface area contributed by atoms with Gasteiger partial charge in [-0.3, -0.25) is 9.32 Å². The normalized spacial score (nSPS) is 13.9. The van der Waals surface area contributed by atoms with Gasteiger partial charge in [-0.05, 0) is 73.7 Å². The maximum atomic E-state index is 13.1. The predicted octanol–water partition coefficient (Wildman–Crippen LogP) is 3.79. The molecule has 0 saturated heterocycles. The molecular weight excluding hydrogens is 462 g/mol. The lowest BCUT2D eigenvalue weighted by molar-refractivity contribution is -0.704. The summed E-state index contributed by atoms with van der Waals surface area (Å²) in [5, 5.41) is 5.67. The number of rotatable bonds is 7. The van der Waals surface area contributed by atoms with Crippen molar-refractivity contribution in [1.82, 2.24) is 5.27 Å². The van der Waals surface area contributed by atoms with Crippen LogP contribution in [0.5, 0.6) is 0 Å². The number of nitrogens with zero attached hydrogens (tertiary/aromatic N) is 1. The standard InChI is InChI=1S/C23H25N3O5S2/c1-4-30-22(28)18-16-7-5-6-8-17(16)33-20(18)24-19(27)14(3)32-21-23(29)31-25-26(21)15-11-9-13(2)10-12-15/h9-12,14H,4-8H2,1-3H3,(H-,24,25,27,28,29)/p+1. The predicted molar refractivity (Wildman–Crippen MR) is 126 cm³/mol. The molecule has 1 amide bonds. The Labute approximate surface area is 199 Å². The number of nitrogens with one attached hydrogen (secondary N) is 2. The number of hydrogen-bond acceptors (Lipinski definition) is 7. The number of aryl methyl sites for hydroxylation is 2. The first kappa shape index (κ1) is 23.3. The molecule has 0 saturated carbocycles. The molecule has 1 aliphatic carbocycles. The van der Waals surface area contributed by atoms with Crippen molar-refractivity contribution in [3.63, 3.8) is 0 Å². The molecule has 174 valence electrons. The maximum Gasteiger partial charge on any atom is 0.442 e. The Morgan fingerprint density at radius 2 is 2.00 bits per heavy atom. The monoisotopic (exact) mass is 488 g/mol. The summed E-state index contributed by atoms with van der Waals surface area (Å²) in [6.07, 6.45) is 3.78. The number of H-pyrrole nitrogens is 1. The van der Waals surface area contributed by atoms with Crippen molar-refractivity contribution in [3.05, 3.63) is 56.3 Å². The quantitative estimate of drug-likeness (QED) is 0.298. The molecule has 2 N–H and O–H groups in total. The number of amides is 1. The zero-order valence-corrected chi connectivity index (χ0v) is 20.4. The fourth-order valence-corrected chi connectivity index (χ4v) is 5.90. The molecule has 8 nitrogen and oxygen atoms in total. The molecule has 1 atom stereocenters. The maximum absolute atomic E-state index is 13.1. The number of ether oxygens (including phenoxy) is 1. The summed E-state index contributed by atoms with van der Waals surface area (Å²) in [6.45, 7) is 5.72. The highest BCUT2D eigenvalue weighted by molar-refractivity contribution is 8.00. The largest absolute Gasteiger partial charge is 0.462 e. The van der Waals surface area contributed by atoms with Gasteiger partial charge in [-0.2, -0.15) is 0 Å². The molecule has 0 aliphatic heterocycles. The van der Waals surface area contributed by atoms with Crippen LogP contribution in [-0.2, 0) is 22.4 Å². The fourth-order valence-electron chi connectivity index (χ4n) is 3.74. The molecule has 0 spiro atoms. The second-order valence-corrected chi connectivity index (χ2v) is 10.3. The molecule has 2 heterocycles. The van der Waals surface area contributed by atoms with Crippen LogP contribution in [0.25, 0.3) is 5.69 Å². The van der Waals surface area contributed by atoms with Crippen LogP contribution in [0.1, 0.15) is 53.1 Å². The Hall–Kier alpha value is -2.85. The van der Waals surface area contributed by atoms with Crippen molar-refractivity contribution in [2.75, 3.05) is 11.9 Å². The van der Waals surface area contributed by atoms with Crippen molar-refractivity contribution >= 4 is 40.0 Å². The number of carbonyl (C=O) groups is 2. The number of thioether (sulfide) groups is 1. The first-order chi connectivity index (χ1) is 15.9. The van der Waals surface area contributed by atoms with Gasteiger partial charge in [0, 0.05) is 17.0 Å². The van der Waals surface area contributed by atoms with Crippen molar-refractivity contribution in [3.8, 4) is 5.69 Å². The summed E-state index contributed by atoms with van der Waals surface area (Å²) in [6, 6.07) is 7.57. The van der Waals surface area contributed by atoms with E-state index in [1.807, 2.05) is 31.2 Å². The highest BCUT2D eigenvalue weighted by Gasteiger charge is 2.31. The van der Waals surface area contributed by atoms with Crippen LogP contribution >= 0.6 is 23.1 Å². The number of benzene rings is 1. The van der Waals surface area contributed by atoms with E-state index in [2.05, 4.69) is 10.6 Å². The van der Waals surface area contributed by atoms with Gasteiger partial charge < -0.3 is 10.1 Å².